The molecule has 0 saturated carbocycles. The molecule has 0 aromatic heterocycles. The van der Waals surface area contributed by atoms with Gasteiger partial charge in [-0.25, -0.2) is 14.4 Å². The number of nitrogens with zero attached hydrogens (tertiary/aromatic N) is 1. The van der Waals surface area contributed by atoms with Gasteiger partial charge in [-0.3, -0.25) is 0 Å². The Morgan fingerprint density at radius 3 is 2.59 bits per heavy atom. The molecule has 1 atom stereocenters. The molecule has 0 radical (unpaired) electrons. The van der Waals surface area contributed by atoms with Gasteiger partial charge in [0.1, 0.15) is 6.04 Å². The first-order chi connectivity index (χ1) is 10.5. The smallest absolute Gasteiger partial charge is 0.338 e. The Balaban J connectivity index is 2.00. The molecule has 2 N–H and O–H groups in total. The summed E-state index contributed by atoms with van der Waals surface area (Å²) >= 11 is 0. The van der Waals surface area contributed by atoms with Crippen molar-refractivity contribution < 1.29 is 24.2 Å². The van der Waals surface area contributed by atoms with Crippen LogP contribution in [0.1, 0.15) is 30.1 Å². The van der Waals surface area contributed by atoms with Gasteiger partial charge in [-0.2, -0.15) is 0 Å². The maximum atomic E-state index is 12.1. The molecule has 1 aliphatic heterocycles. The summed E-state index contributed by atoms with van der Waals surface area (Å²) in [7, 11) is 0. The number of ether oxygens (including phenoxy) is 1. The van der Waals surface area contributed by atoms with Crippen LogP contribution in [0, 0.1) is 0 Å². The Labute approximate surface area is 127 Å². The van der Waals surface area contributed by atoms with E-state index < -0.39 is 24.0 Å². The van der Waals surface area contributed by atoms with Gasteiger partial charge in [-0.15, -0.1) is 0 Å². The molecule has 1 aromatic carbocycles. The van der Waals surface area contributed by atoms with Gasteiger partial charge in [0, 0.05) is 12.2 Å². The summed E-state index contributed by atoms with van der Waals surface area (Å²) < 4.78 is 4.87. The average molecular weight is 306 g/mol. The van der Waals surface area contributed by atoms with Crippen LogP contribution in [0.4, 0.5) is 10.5 Å². The van der Waals surface area contributed by atoms with E-state index in [0.717, 1.165) is 0 Å². The lowest BCUT2D eigenvalue weighted by atomic mass is 10.2. The predicted molar refractivity (Wildman–Crippen MR) is 78.8 cm³/mol. The van der Waals surface area contributed by atoms with E-state index in [2.05, 4.69) is 5.32 Å². The molecule has 1 saturated heterocycles. The first-order valence-electron chi connectivity index (χ1n) is 7.10. The van der Waals surface area contributed by atoms with Crippen LogP contribution in [-0.4, -0.2) is 47.2 Å². The molecule has 0 spiro atoms. The number of hydrogen-bond acceptors (Lipinski definition) is 4. The summed E-state index contributed by atoms with van der Waals surface area (Å²) in [5.74, 6) is -1.42. The highest BCUT2D eigenvalue weighted by molar-refractivity contribution is 5.94. The quantitative estimate of drug-likeness (QED) is 0.829. The molecule has 1 aliphatic rings. The number of carbonyl (C=O) groups excluding carboxylic acids is 2. The standard InChI is InChI=1S/C15H18N2O5/c1-2-22-14(20)10-5-7-11(8-6-10)16-15(21)17-9-3-4-12(17)13(18)19/h5-8,12H,2-4,9H2,1H3,(H,16,21)(H,18,19). The monoisotopic (exact) mass is 306 g/mol. The number of anilines is 1. The number of likely N-dealkylation sites (tertiary alicyclic amines) is 1. The molecule has 22 heavy (non-hydrogen) atoms. The molecule has 0 bridgehead atoms. The SMILES string of the molecule is CCOC(=O)c1ccc(NC(=O)N2CCCC2C(=O)O)cc1. The van der Waals surface area contributed by atoms with E-state index in [4.69, 9.17) is 9.84 Å². The number of carboxylic acids is 1. The first kappa shape index (κ1) is 15.8. The molecule has 2 rings (SSSR count). The minimum atomic E-state index is -0.995. The second-order valence-corrected chi connectivity index (χ2v) is 4.92. The predicted octanol–water partition coefficient (Wildman–Crippen LogP) is 1.94. The summed E-state index contributed by atoms with van der Waals surface area (Å²) in [5.41, 5.74) is 0.888. The Morgan fingerprint density at radius 1 is 1.32 bits per heavy atom. The van der Waals surface area contributed by atoms with Crippen LogP contribution in [0.3, 0.4) is 0 Å². The highest BCUT2D eigenvalue weighted by Gasteiger charge is 2.33. The van der Waals surface area contributed by atoms with Crippen LogP contribution in [0.25, 0.3) is 0 Å². The van der Waals surface area contributed by atoms with Crippen LogP contribution >= 0.6 is 0 Å². The molecule has 1 unspecified atom stereocenters. The van der Waals surface area contributed by atoms with E-state index in [9.17, 15) is 14.4 Å². The van der Waals surface area contributed by atoms with Crippen molar-refractivity contribution in [3.05, 3.63) is 29.8 Å². The third-order valence-electron chi connectivity index (χ3n) is 3.45. The van der Waals surface area contributed by atoms with Crippen molar-refractivity contribution in [1.29, 1.82) is 0 Å². The molecular weight excluding hydrogens is 288 g/mol. The van der Waals surface area contributed by atoms with Gasteiger partial charge < -0.3 is 20.1 Å². The van der Waals surface area contributed by atoms with E-state index >= 15 is 0 Å². The Hall–Kier alpha value is -2.57. The third kappa shape index (κ3) is 3.55. The zero-order chi connectivity index (χ0) is 16.1. The van der Waals surface area contributed by atoms with Gasteiger partial charge in [-0.1, -0.05) is 0 Å². The minimum absolute atomic E-state index is 0.295. The molecule has 1 fully saturated rings. The molecule has 118 valence electrons. The Kier molecular flexibility index (Phi) is 4.98. The number of rotatable bonds is 4. The van der Waals surface area contributed by atoms with Gasteiger partial charge in [0.2, 0.25) is 0 Å². The zero-order valence-electron chi connectivity index (χ0n) is 12.2. The van der Waals surface area contributed by atoms with Crippen LogP contribution < -0.4 is 5.32 Å². The molecule has 1 heterocycles. The van der Waals surface area contributed by atoms with Crippen molar-refractivity contribution in [2.75, 3.05) is 18.5 Å². The van der Waals surface area contributed by atoms with Crippen molar-refractivity contribution in [3.63, 3.8) is 0 Å². The van der Waals surface area contributed by atoms with Gasteiger partial charge in [0.05, 0.1) is 12.2 Å². The average Bonchev–Trinajstić information content (AvgIpc) is 2.98. The third-order valence-corrected chi connectivity index (χ3v) is 3.45. The maximum absolute atomic E-state index is 12.1. The number of carboxylic acid groups (broad SMARTS) is 1. The fourth-order valence-electron chi connectivity index (χ4n) is 2.37. The number of esters is 1. The van der Waals surface area contributed by atoms with Crippen molar-refractivity contribution >= 4 is 23.7 Å². The Morgan fingerprint density at radius 2 is 2.00 bits per heavy atom. The molecule has 2 amide bonds. The first-order valence-corrected chi connectivity index (χ1v) is 7.10. The fraction of sp³-hybridized carbons (Fsp3) is 0.400. The van der Waals surface area contributed by atoms with Crippen LogP contribution in [0.2, 0.25) is 0 Å². The van der Waals surface area contributed by atoms with Gasteiger partial charge in [0.25, 0.3) is 0 Å². The summed E-state index contributed by atoms with van der Waals surface area (Å²) in [6, 6.07) is 5.03. The largest absolute Gasteiger partial charge is 0.480 e. The summed E-state index contributed by atoms with van der Waals surface area (Å²) in [6.45, 7) is 2.44. The summed E-state index contributed by atoms with van der Waals surface area (Å²) in [4.78, 5) is 36.0. The number of amides is 2. The van der Waals surface area contributed by atoms with E-state index in [1.54, 1.807) is 31.2 Å². The van der Waals surface area contributed by atoms with Crippen LogP contribution in [0.15, 0.2) is 24.3 Å². The molecule has 1 aromatic rings. The second kappa shape index (κ2) is 6.93. The number of benzene rings is 1. The zero-order valence-corrected chi connectivity index (χ0v) is 12.2. The van der Waals surface area contributed by atoms with Crippen LogP contribution in [0.5, 0.6) is 0 Å². The van der Waals surface area contributed by atoms with E-state index in [1.807, 2.05) is 0 Å². The number of aliphatic carboxylic acids is 1. The van der Waals surface area contributed by atoms with Crippen molar-refractivity contribution in [1.82, 2.24) is 4.90 Å². The summed E-state index contributed by atoms with van der Waals surface area (Å²) in [5, 5.41) is 11.7. The van der Waals surface area contributed by atoms with Crippen molar-refractivity contribution in [2.24, 2.45) is 0 Å². The van der Waals surface area contributed by atoms with E-state index in [0.29, 0.717) is 37.2 Å². The lowest BCUT2D eigenvalue weighted by Crippen LogP contribution is -2.42. The molecule has 7 nitrogen and oxygen atoms in total. The number of urea groups is 1. The number of carbonyl (C=O) groups is 3. The normalized spacial score (nSPS) is 17.1. The van der Waals surface area contributed by atoms with Crippen LogP contribution in [-0.2, 0) is 9.53 Å². The minimum Gasteiger partial charge on any atom is -0.480 e. The highest BCUT2D eigenvalue weighted by Crippen LogP contribution is 2.19. The van der Waals surface area contributed by atoms with Gasteiger partial charge >= 0.3 is 18.0 Å². The number of hydrogen-bond donors (Lipinski definition) is 2. The maximum Gasteiger partial charge on any atom is 0.338 e. The van der Waals surface area contributed by atoms with Gasteiger partial charge in [0.15, 0.2) is 0 Å². The molecular formula is C15H18N2O5. The fourth-order valence-corrected chi connectivity index (χ4v) is 2.37. The molecule has 7 heteroatoms. The van der Waals surface area contributed by atoms with Gasteiger partial charge in [-0.05, 0) is 44.0 Å². The highest BCUT2D eigenvalue weighted by atomic mass is 16.5. The van der Waals surface area contributed by atoms with E-state index in [1.165, 1.54) is 4.90 Å². The summed E-state index contributed by atoms with van der Waals surface area (Å²) in [6.07, 6.45) is 1.14. The van der Waals surface area contributed by atoms with E-state index in [-0.39, 0.29) is 0 Å². The second-order valence-electron chi connectivity index (χ2n) is 4.92. The molecule has 0 aliphatic carbocycles. The van der Waals surface area contributed by atoms with Crippen molar-refractivity contribution in [3.8, 4) is 0 Å². The lowest BCUT2D eigenvalue weighted by Gasteiger charge is -2.21. The number of nitrogens with one attached hydrogen (secondary N) is 1. The van der Waals surface area contributed by atoms with Crippen molar-refractivity contribution in [2.45, 2.75) is 25.8 Å². The lowest BCUT2D eigenvalue weighted by molar-refractivity contribution is -0.141. The Bertz CT molecular complexity index is 570. The topological polar surface area (TPSA) is 95.9 Å².